The van der Waals surface area contributed by atoms with Crippen molar-refractivity contribution >= 4 is 21.8 Å². The third-order valence-corrected chi connectivity index (χ3v) is 3.20. The molecule has 0 amide bonds. The van der Waals surface area contributed by atoms with E-state index in [4.69, 9.17) is 6.42 Å². The van der Waals surface area contributed by atoms with E-state index in [1.807, 2.05) is 37.3 Å². The topological polar surface area (TPSA) is 34.9 Å². The van der Waals surface area contributed by atoms with Crippen molar-refractivity contribution in [2.75, 3.05) is 0 Å². The average molecular weight is 248 g/mol. The van der Waals surface area contributed by atoms with Gasteiger partial charge < -0.3 is 0 Å². The van der Waals surface area contributed by atoms with Gasteiger partial charge in [0.25, 0.3) is 5.56 Å². The number of nitrogens with zero attached hydrogens (tertiary/aromatic N) is 2. The molecule has 0 unspecified atom stereocenters. The normalized spacial score (nSPS) is 10.7. The zero-order valence-electron chi connectivity index (χ0n) is 10.6. The number of hydrogen-bond acceptors (Lipinski definition) is 2. The third kappa shape index (κ3) is 1.69. The molecule has 3 heteroatoms. The predicted octanol–water partition coefficient (Wildman–Crippen LogP) is 2.49. The number of fused-ring (bicyclic) bond motifs is 3. The molecular weight excluding hydrogens is 236 g/mol. The number of benzene rings is 1. The lowest BCUT2D eigenvalue weighted by Gasteiger charge is -2.10. The summed E-state index contributed by atoms with van der Waals surface area (Å²) in [5.41, 5.74) is 2.45. The van der Waals surface area contributed by atoms with E-state index in [9.17, 15) is 4.79 Å². The molecule has 0 N–H and O–H groups in total. The van der Waals surface area contributed by atoms with Crippen molar-refractivity contribution < 1.29 is 0 Å². The van der Waals surface area contributed by atoms with E-state index in [1.165, 1.54) is 0 Å². The summed E-state index contributed by atoms with van der Waals surface area (Å²) in [7, 11) is 0. The summed E-state index contributed by atoms with van der Waals surface area (Å²) in [6.07, 6.45) is 7.15. The number of hydrogen-bond donors (Lipinski definition) is 0. The first-order valence-electron chi connectivity index (χ1n) is 6.03. The summed E-state index contributed by atoms with van der Waals surface area (Å²) in [6.45, 7) is 2.19. The minimum atomic E-state index is -0.0807. The molecule has 2 aromatic heterocycles. The molecule has 0 saturated heterocycles. The lowest BCUT2D eigenvalue weighted by atomic mass is 10.1. The van der Waals surface area contributed by atoms with Gasteiger partial charge in [0.05, 0.1) is 23.0 Å². The molecule has 92 valence electrons. The van der Waals surface area contributed by atoms with E-state index in [2.05, 4.69) is 10.9 Å². The van der Waals surface area contributed by atoms with E-state index in [0.29, 0.717) is 5.39 Å². The highest BCUT2D eigenvalue weighted by Gasteiger charge is 2.10. The first-order valence-corrected chi connectivity index (χ1v) is 6.03. The van der Waals surface area contributed by atoms with Gasteiger partial charge in [0.2, 0.25) is 0 Å². The summed E-state index contributed by atoms with van der Waals surface area (Å²) in [4.78, 5) is 16.9. The molecule has 0 radical (unpaired) electrons. The van der Waals surface area contributed by atoms with Crippen LogP contribution in [-0.2, 0) is 6.54 Å². The fourth-order valence-electron chi connectivity index (χ4n) is 2.36. The van der Waals surface area contributed by atoms with Crippen LogP contribution in [0.3, 0.4) is 0 Å². The zero-order chi connectivity index (χ0) is 13.4. The van der Waals surface area contributed by atoms with Gasteiger partial charge in [-0.3, -0.25) is 14.3 Å². The quantitative estimate of drug-likeness (QED) is 0.490. The Kier molecular flexibility index (Phi) is 2.57. The Bertz CT molecular complexity index is 885. The second-order valence-corrected chi connectivity index (χ2v) is 4.52. The van der Waals surface area contributed by atoms with Crippen LogP contribution in [0.4, 0.5) is 0 Å². The van der Waals surface area contributed by atoms with Gasteiger partial charge in [0, 0.05) is 11.6 Å². The van der Waals surface area contributed by atoms with Gasteiger partial charge in [-0.05, 0) is 24.6 Å². The van der Waals surface area contributed by atoms with Gasteiger partial charge in [-0.2, -0.15) is 0 Å². The van der Waals surface area contributed by atoms with Crippen LogP contribution < -0.4 is 5.56 Å². The Morgan fingerprint density at radius 3 is 2.89 bits per heavy atom. The highest BCUT2D eigenvalue weighted by atomic mass is 16.1. The molecule has 3 nitrogen and oxygen atoms in total. The van der Waals surface area contributed by atoms with Crippen LogP contribution in [0.5, 0.6) is 0 Å². The van der Waals surface area contributed by atoms with Gasteiger partial charge in [-0.25, -0.2) is 0 Å². The molecule has 0 fully saturated rings. The number of rotatable bonds is 1. The lowest BCUT2D eigenvalue weighted by molar-refractivity contribution is 0.845. The largest absolute Gasteiger partial charge is 0.296 e. The predicted molar refractivity (Wildman–Crippen MR) is 77.1 cm³/mol. The number of aromatic nitrogens is 2. The molecule has 0 spiro atoms. The standard InChI is InChI=1S/C16H12N2O/c1-3-8-18-14-7-5-4-6-12(14)15-13(16(18)19)9-11(2)10-17-15/h1,4-7,9-10H,8H2,2H3. The first kappa shape index (κ1) is 11.5. The fraction of sp³-hybridized carbons (Fsp3) is 0.125. The molecule has 0 bridgehead atoms. The van der Waals surface area contributed by atoms with Crippen molar-refractivity contribution in [1.82, 2.24) is 9.55 Å². The van der Waals surface area contributed by atoms with Gasteiger partial charge in [-0.15, -0.1) is 6.42 Å². The Balaban J connectivity index is 2.62. The molecule has 0 saturated carbocycles. The summed E-state index contributed by atoms with van der Waals surface area (Å²) in [6, 6.07) is 9.56. The van der Waals surface area contributed by atoms with Crippen LogP contribution in [0.15, 0.2) is 41.3 Å². The van der Waals surface area contributed by atoms with Crippen molar-refractivity contribution in [3.8, 4) is 12.3 Å². The Morgan fingerprint density at radius 1 is 1.32 bits per heavy atom. The maximum atomic E-state index is 12.5. The van der Waals surface area contributed by atoms with Crippen LogP contribution in [0.1, 0.15) is 5.56 Å². The SMILES string of the molecule is C#CCn1c(=O)c2cc(C)cnc2c2ccccc21. The van der Waals surface area contributed by atoms with E-state index in [-0.39, 0.29) is 12.1 Å². The number of aryl methyl sites for hydroxylation is 1. The van der Waals surface area contributed by atoms with Crippen molar-refractivity contribution in [3.05, 3.63) is 52.4 Å². The number of pyridine rings is 2. The lowest BCUT2D eigenvalue weighted by Crippen LogP contribution is -2.20. The Labute approximate surface area is 110 Å². The zero-order valence-corrected chi connectivity index (χ0v) is 10.6. The van der Waals surface area contributed by atoms with E-state index >= 15 is 0 Å². The highest BCUT2D eigenvalue weighted by Crippen LogP contribution is 2.21. The second kappa shape index (κ2) is 4.25. The number of terminal acetylenes is 1. The molecular formula is C16H12N2O. The van der Waals surface area contributed by atoms with Gasteiger partial charge in [0.1, 0.15) is 0 Å². The maximum absolute atomic E-state index is 12.5. The monoisotopic (exact) mass is 248 g/mol. The van der Waals surface area contributed by atoms with Crippen LogP contribution in [0.25, 0.3) is 21.8 Å². The summed E-state index contributed by atoms with van der Waals surface area (Å²) in [5, 5.41) is 1.57. The average Bonchev–Trinajstić information content (AvgIpc) is 2.43. The van der Waals surface area contributed by atoms with Gasteiger partial charge in [-0.1, -0.05) is 24.1 Å². The molecule has 0 atom stereocenters. The molecule has 3 aromatic rings. The minimum absolute atomic E-state index is 0.0807. The van der Waals surface area contributed by atoms with E-state index < -0.39 is 0 Å². The molecule has 3 rings (SSSR count). The maximum Gasteiger partial charge on any atom is 0.261 e. The van der Waals surface area contributed by atoms with Crippen LogP contribution in [0.2, 0.25) is 0 Å². The summed E-state index contributed by atoms with van der Waals surface area (Å²) in [5.74, 6) is 2.54. The molecule has 0 aliphatic carbocycles. The minimum Gasteiger partial charge on any atom is -0.296 e. The summed E-state index contributed by atoms with van der Waals surface area (Å²) < 4.78 is 1.62. The molecule has 1 aromatic carbocycles. The van der Waals surface area contributed by atoms with E-state index in [0.717, 1.165) is 22.0 Å². The van der Waals surface area contributed by atoms with Crippen molar-refractivity contribution in [2.24, 2.45) is 0 Å². The fourth-order valence-corrected chi connectivity index (χ4v) is 2.36. The van der Waals surface area contributed by atoms with Crippen LogP contribution >= 0.6 is 0 Å². The van der Waals surface area contributed by atoms with Crippen molar-refractivity contribution in [3.63, 3.8) is 0 Å². The van der Waals surface area contributed by atoms with Crippen molar-refractivity contribution in [1.29, 1.82) is 0 Å². The van der Waals surface area contributed by atoms with Crippen molar-refractivity contribution in [2.45, 2.75) is 13.5 Å². The molecule has 0 aliphatic rings. The molecule has 2 heterocycles. The Morgan fingerprint density at radius 2 is 2.11 bits per heavy atom. The van der Waals surface area contributed by atoms with Crippen LogP contribution in [-0.4, -0.2) is 9.55 Å². The Hall–Kier alpha value is -2.60. The first-order chi connectivity index (χ1) is 9.22. The summed E-state index contributed by atoms with van der Waals surface area (Å²) >= 11 is 0. The number of para-hydroxylation sites is 1. The third-order valence-electron chi connectivity index (χ3n) is 3.20. The van der Waals surface area contributed by atoms with Crippen LogP contribution in [0, 0.1) is 19.3 Å². The van der Waals surface area contributed by atoms with Gasteiger partial charge >= 0.3 is 0 Å². The molecule has 0 aliphatic heterocycles. The van der Waals surface area contributed by atoms with Gasteiger partial charge in [0.15, 0.2) is 0 Å². The highest BCUT2D eigenvalue weighted by molar-refractivity contribution is 6.03. The smallest absolute Gasteiger partial charge is 0.261 e. The second-order valence-electron chi connectivity index (χ2n) is 4.52. The van der Waals surface area contributed by atoms with E-state index in [1.54, 1.807) is 10.8 Å². The molecule has 19 heavy (non-hydrogen) atoms.